The number of amides is 1. The van der Waals surface area contributed by atoms with E-state index in [1.54, 1.807) is 30.3 Å². The SMILES string of the molecule is Nc1ccc(/C(=N\OCC(=O)NCC2CCCCC2)c2ccc(F)cc2)cc1CNCC(=O)O. The second-order valence-electron chi connectivity index (χ2n) is 8.44. The standard InChI is InChI=1S/C25H31FN4O4/c26-21-9-6-18(7-10-21)25(19-8-11-22(27)20(12-19)14-28-15-24(32)33)30-34-16-23(31)29-13-17-4-2-1-3-5-17/h6-12,17,28H,1-5,13-16,27H2,(H,29,31)(H,32,33)/b30-25-. The minimum Gasteiger partial charge on any atom is -0.480 e. The summed E-state index contributed by atoms with van der Waals surface area (Å²) in [5, 5.41) is 18.7. The van der Waals surface area contributed by atoms with Crippen LogP contribution in [0.15, 0.2) is 47.6 Å². The van der Waals surface area contributed by atoms with E-state index in [1.165, 1.54) is 31.4 Å². The van der Waals surface area contributed by atoms with Gasteiger partial charge in [0.15, 0.2) is 6.61 Å². The van der Waals surface area contributed by atoms with Crippen molar-refractivity contribution in [1.29, 1.82) is 0 Å². The van der Waals surface area contributed by atoms with E-state index < -0.39 is 5.97 Å². The molecule has 1 saturated carbocycles. The fraction of sp³-hybridized carbons (Fsp3) is 0.400. The Balaban J connectivity index is 1.71. The van der Waals surface area contributed by atoms with Gasteiger partial charge in [-0.1, -0.05) is 30.5 Å². The molecule has 182 valence electrons. The van der Waals surface area contributed by atoms with E-state index in [0.29, 0.717) is 40.6 Å². The van der Waals surface area contributed by atoms with E-state index in [2.05, 4.69) is 15.8 Å². The topological polar surface area (TPSA) is 126 Å². The first-order valence-electron chi connectivity index (χ1n) is 11.5. The molecule has 2 aromatic carbocycles. The molecule has 0 saturated heterocycles. The Morgan fingerprint density at radius 3 is 2.50 bits per heavy atom. The van der Waals surface area contributed by atoms with Crippen LogP contribution in [-0.4, -0.2) is 42.4 Å². The first-order chi connectivity index (χ1) is 16.4. The Bertz CT molecular complexity index is 1000. The van der Waals surface area contributed by atoms with Crippen LogP contribution in [0.2, 0.25) is 0 Å². The Labute approximate surface area is 198 Å². The van der Waals surface area contributed by atoms with Crippen molar-refractivity contribution in [3.8, 4) is 0 Å². The molecule has 1 aliphatic rings. The third kappa shape index (κ3) is 7.84. The van der Waals surface area contributed by atoms with Crippen LogP contribution in [0.3, 0.4) is 0 Å². The van der Waals surface area contributed by atoms with Crippen molar-refractivity contribution in [2.24, 2.45) is 11.1 Å². The van der Waals surface area contributed by atoms with Crippen LogP contribution in [0.1, 0.15) is 48.8 Å². The first-order valence-corrected chi connectivity index (χ1v) is 11.5. The molecule has 0 unspecified atom stereocenters. The third-order valence-electron chi connectivity index (χ3n) is 5.79. The van der Waals surface area contributed by atoms with Gasteiger partial charge in [-0.15, -0.1) is 0 Å². The molecule has 0 bridgehead atoms. The number of benzene rings is 2. The Morgan fingerprint density at radius 2 is 1.79 bits per heavy atom. The summed E-state index contributed by atoms with van der Waals surface area (Å²) in [5.41, 5.74) is 8.84. The fourth-order valence-electron chi connectivity index (χ4n) is 3.95. The van der Waals surface area contributed by atoms with Crippen LogP contribution in [0.5, 0.6) is 0 Å². The number of hydrogen-bond acceptors (Lipinski definition) is 6. The number of carboxylic acid groups (broad SMARTS) is 1. The fourth-order valence-corrected chi connectivity index (χ4v) is 3.95. The van der Waals surface area contributed by atoms with Gasteiger partial charge in [0.25, 0.3) is 5.91 Å². The molecule has 3 rings (SSSR count). The lowest BCUT2D eigenvalue weighted by Crippen LogP contribution is -2.32. The van der Waals surface area contributed by atoms with E-state index in [-0.39, 0.29) is 31.4 Å². The number of nitrogen functional groups attached to an aromatic ring is 1. The quantitative estimate of drug-likeness (QED) is 0.227. The van der Waals surface area contributed by atoms with Gasteiger partial charge in [0.05, 0.1) is 6.54 Å². The van der Waals surface area contributed by atoms with Crippen molar-refractivity contribution in [2.45, 2.75) is 38.6 Å². The average molecular weight is 471 g/mol. The molecule has 1 fully saturated rings. The monoisotopic (exact) mass is 470 g/mol. The highest BCUT2D eigenvalue weighted by atomic mass is 19.1. The van der Waals surface area contributed by atoms with Gasteiger partial charge < -0.3 is 26.3 Å². The van der Waals surface area contributed by atoms with Gasteiger partial charge in [-0.25, -0.2) is 4.39 Å². The lowest BCUT2D eigenvalue weighted by molar-refractivity contribution is -0.136. The number of aliphatic carboxylic acids is 1. The molecule has 0 radical (unpaired) electrons. The van der Waals surface area contributed by atoms with Crippen molar-refractivity contribution >= 4 is 23.3 Å². The molecular weight excluding hydrogens is 439 g/mol. The predicted molar refractivity (Wildman–Crippen MR) is 128 cm³/mol. The summed E-state index contributed by atoms with van der Waals surface area (Å²) in [7, 11) is 0. The Morgan fingerprint density at radius 1 is 1.09 bits per heavy atom. The maximum atomic E-state index is 13.5. The smallest absolute Gasteiger partial charge is 0.317 e. The van der Waals surface area contributed by atoms with Gasteiger partial charge in [-0.2, -0.15) is 0 Å². The summed E-state index contributed by atoms with van der Waals surface area (Å²) in [4.78, 5) is 28.4. The molecule has 0 spiro atoms. The zero-order valence-electron chi connectivity index (χ0n) is 19.1. The van der Waals surface area contributed by atoms with Crippen molar-refractivity contribution in [3.05, 3.63) is 65.0 Å². The van der Waals surface area contributed by atoms with Crippen LogP contribution in [0.4, 0.5) is 10.1 Å². The van der Waals surface area contributed by atoms with Crippen LogP contribution in [0, 0.1) is 11.7 Å². The van der Waals surface area contributed by atoms with Crippen LogP contribution in [0.25, 0.3) is 0 Å². The zero-order valence-corrected chi connectivity index (χ0v) is 19.1. The van der Waals surface area contributed by atoms with E-state index in [4.69, 9.17) is 15.7 Å². The summed E-state index contributed by atoms with van der Waals surface area (Å²) < 4.78 is 13.5. The lowest BCUT2D eigenvalue weighted by atomic mass is 9.89. The number of oxime groups is 1. The molecule has 34 heavy (non-hydrogen) atoms. The van der Waals surface area contributed by atoms with Crippen molar-refractivity contribution in [1.82, 2.24) is 10.6 Å². The largest absolute Gasteiger partial charge is 0.480 e. The van der Waals surface area contributed by atoms with Gasteiger partial charge in [-0.05, 0) is 60.7 Å². The normalized spacial score (nSPS) is 14.6. The summed E-state index contributed by atoms with van der Waals surface area (Å²) in [5.74, 6) is -1.09. The van der Waals surface area contributed by atoms with Gasteiger partial charge in [-0.3, -0.25) is 9.59 Å². The number of anilines is 1. The van der Waals surface area contributed by atoms with Gasteiger partial charge >= 0.3 is 5.97 Å². The second kappa shape index (κ2) is 12.7. The zero-order chi connectivity index (χ0) is 24.3. The minimum absolute atomic E-state index is 0.207. The highest BCUT2D eigenvalue weighted by Gasteiger charge is 2.15. The molecule has 0 heterocycles. The van der Waals surface area contributed by atoms with E-state index in [0.717, 1.165) is 12.8 Å². The molecule has 1 amide bonds. The maximum Gasteiger partial charge on any atom is 0.317 e. The number of halogens is 1. The highest BCUT2D eigenvalue weighted by Crippen LogP contribution is 2.22. The molecule has 0 atom stereocenters. The number of nitrogens with zero attached hydrogens (tertiary/aromatic N) is 1. The summed E-state index contributed by atoms with van der Waals surface area (Å²) in [6, 6.07) is 11.0. The van der Waals surface area contributed by atoms with Crippen LogP contribution < -0.4 is 16.4 Å². The van der Waals surface area contributed by atoms with Crippen molar-refractivity contribution < 1.29 is 23.9 Å². The number of nitrogens with one attached hydrogen (secondary N) is 2. The number of carbonyl (C=O) groups is 2. The number of carbonyl (C=O) groups excluding carboxylic acids is 1. The Kier molecular flexibility index (Phi) is 9.40. The van der Waals surface area contributed by atoms with E-state index in [9.17, 15) is 14.0 Å². The highest BCUT2D eigenvalue weighted by molar-refractivity contribution is 6.12. The van der Waals surface area contributed by atoms with Crippen LogP contribution >= 0.6 is 0 Å². The molecule has 2 aromatic rings. The van der Waals surface area contributed by atoms with Gasteiger partial charge in [0.2, 0.25) is 0 Å². The number of hydrogen-bond donors (Lipinski definition) is 4. The molecule has 5 N–H and O–H groups in total. The number of nitrogens with two attached hydrogens (primary N) is 1. The summed E-state index contributed by atoms with van der Waals surface area (Å²) in [6.07, 6.45) is 5.94. The maximum absolute atomic E-state index is 13.5. The molecule has 0 aliphatic heterocycles. The first kappa shape index (κ1) is 25.2. The summed E-state index contributed by atoms with van der Waals surface area (Å²) in [6.45, 7) is 0.440. The van der Waals surface area contributed by atoms with E-state index >= 15 is 0 Å². The van der Waals surface area contributed by atoms with E-state index in [1.807, 2.05) is 0 Å². The third-order valence-corrected chi connectivity index (χ3v) is 5.79. The second-order valence-corrected chi connectivity index (χ2v) is 8.44. The summed E-state index contributed by atoms with van der Waals surface area (Å²) >= 11 is 0. The van der Waals surface area contributed by atoms with Crippen molar-refractivity contribution in [2.75, 3.05) is 25.4 Å². The van der Waals surface area contributed by atoms with Crippen LogP contribution in [-0.2, 0) is 21.0 Å². The Hall–Kier alpha value is -3.46. The molecule has 8 nitrogen and oxygen atoms in total. The average Bonchev–Trinajstić information content (AvgIpc) is 2.83. The van der Waals surface area contributed by atoms with Gasteiger partial charge in [0, 0.05) is 29.9 Å². The predicted octanol–water partition coefficient (Wildman–Crippen LogP) is 3.05. The molecule has 9 heteroatoms. The molecular formula is C25H31FN4O4. The number of rotatable bonds is 11. The van der Waals surface area contributed by atoms with Gasteiger partial charge in [0.1, 0.15) is 11.5 Å². The minimum atomic E-state index is -0.974. The lowest BCUT2D eigenvalue weighted by Gasteiger charge is -2.21. The number of carboxylic acids is 1. The molecule has 0 aromatic heterocycles. The van der Waals surface area contributed by atoms with Crippen molar-refractivity contribution in [3.63, 3.8) is 0 Å². The molecule has 1 aliphatic carbocycles.